The number of sulfonamides is 1. The Labute approximate surface area is 295 Å². The van der Waals surface area contributed by atoms with Crippen LogP contribution in [0.25, 0.3) is 6.08 Å². The van der Waals surface area contributed by atoms with Crippen molar-refractivity contribution >= 4 is 45.8 Å². The van der Waals surface area contributed by atoms with Crippen LogP contribution in [0.15, 0.2) is 36.9 Å². The third-order valence-corrected chi connectivity index (χ3v) is 12.1. The van der Waals surface area contributed by atoms with Crippen LogP contribution < -0.4 is 15.4 Å². The van der Waals surface area contributed by atoms with Gasteiger partial charge in [-0.1, -0.05) is 42.8 Å². The number of carbonyl (C=O) groups is 5. The summed E-state index contributed by atoms with van der Waals surface area (Å²) in [6.07, 6.45) is 3.06. The predicted molar refractivity (Wildman–Crippen MR) is 180 cm³/mol. The summed E-state index contributed by atoms with van der Waals surface area (Å²) < 4.78 is 60.6. The highest BCUT2D eigenvalue weighted by Crippen LogP contribution is 2.45. The SMILES string of the molecule is C=C[C@@H]1C[C@]1(NC(=O)[C@@H]1C[C@@H]2CN1C(=O)[C@H](CC(F)F)NC(=O)CCCCCC=Cc1cccc3c1CN(C3)C(=O)O2)C(=O)NS(=O)(=O)C1CC1. The lowest BCUT2D eigenvalue weighted by molar-refractivity contribution is -0.143. The standard InChI is InChI=1S/C35H43F2N5O8S/c1-2-23-17-35(23,33(46)40-51(48,49)25-13-14-25)39-31(44)28-15-24-19-42(28)32(45)27(16-29(36)37)38-30(43)12-7-5-3-4-6-9-21-10-8-11-22-18-41(20-26(21)22)34(47)50-24/h2,6,8-11,23-25,27-29H,1,3-5,7,12-20H2,(H,38,43)(H,39,44)(H,40,46)/t23-,24-,27+,28+,35-/m1/s1. The Balaban J connectivity index is 1.26. The van der Waals surface area contributed by atoms with Gasteiger partial charge in [0, 0.05) is 31.7 Å². The molecule has 3 heterocycles. The Morgan fingerprint density at radius 3 is 2.63 bits per heavy atom. The molecule has 2 saturated carbocycles. The van der Waals surface area contributed by atoms with Crippen molar-refractivity contribution < 1.29 is 45.9 Å². The Kier molecular flexibility index (Phi) is 10.5. The molecule has 1 saturated heterocycles. The predicted octanol–water partition coefficient (Wildman–Crippen LogP) is 2.89. The van der Waals surface area contributed by atoms with Crippen LogP contribution in [-0.2, 0) is 47.0 Å². The topological polar surface area (TPSA) is 171 Å². The van der Waals surface area contributed by atoms with E-state index in [1.165, 1.54) is 11.0 Å². The number of amides is 5. The average molecular weight is 732 g/mol. The van der Waals surface area contributed by atoms with Gasteiger partial charge >= 0.3 is 6.09 Å². The molecule has 6 rings (SSSR count). The van der Waals surface area contributed by atoms with Gasteiger partial charge in [-0.25, -0.2) is 22.0 Å². The number of benzene rings is 1. The molecule has 0 radical (unpaired) electrons. The van der Waals surface area contributed by atoms with Gasteiger partial charge in [0.25, 0.3) is 5.91 Å². The van der Waals surface area contributed by atoms with Gasteiger partial charge in [0.15, 0.2) is 0 Å². The quantitative estimate of drug-likeness (QED) is 0.343. The molecule has 276 valence electrons. The first-order chi connectivity index (χ1) is 24.3. The molecule has 1 aromatic rings. The molecule has 16 heteroatoms. The van der Waals surface area contributed by atoms with E-state index in [-0.39, 0.29) is 38.9 Å². The van der Waals surface area contributed by atoms with E-state index >= 15 is 0 Å². The third kappa shape index (κ3) is 8.10. The summed E-state index contributed by atoms with van der Waals surface area (Å²) >= 11 is 0. The molecule has 3 fully saturated rings. The number of carbonyl (C=O) groups excluding carboxylic acids is 5. The highest BCUT2D eigenvalue weighted by Gasteiger charge is 2.62. The fraction of sp³-hybridized carbons (Fsp3) is 0.571. The lowest BCUT2D eigenvalue weighted by Gasteiger charge is -2.29. The molecular formula is C35H43F2N5O8S. The molecule has 0 aromatic heterocycles. The monoisotopic (exact) mass is 731 g/mol. The number of ether oxygens (including phenoxy) is 1. The van der Waals surface area contributed by atoms with E-state index in [2.05, 4.69) is 21.9 Å². The number of fused-ring (bicyclic) bond motifs is 3. The first-order valence-electron chi connectivity index (χ1n) is 17.4. The maximum Gasteiger partial charge on any atom is 0.410 e. The second-order valence-electron chi connectivity index (χ2n) is 14.0. The van der Waals surface area contributed by atoms with Gasteiger partial charge in [-0.3, -0.25) is 28.8 Å². The highest BCUT2D eigenvalue weighted by molar-refractivity contribution is 7.91. The molecule has 1 aromatic carbocycles. The fourth-order valence-corrected chi connectivity index (χ4v) is 8.51. The van der Waals surface area contributed by atoms with Crippen LogP contribution in [0.2, 0.25) is 0 Å². The molecule has 0 unspecified atom stereocenters. The van der Waals surface area contributed by atoms with Crippen molar-refractivity contribution in [3.05, 3.63) is 53.6 Å². The minimum Gasteiger partial charge on any atom is -0.444 e. The minimum atomic E-state index is -3.96. The zero-order valence-corrected chi connectivity index (χ0v) is 29.0. The van der Waals surface area contributed by atoms with Crippen molar-refractivity contribution in [1.82, 2.24) is 25.2 Å². The molecule has 51 heavy (non-hydrogen) atoms. The van der Waals surface area contributed by atoms with Gasteiger partial charge in [-0.15, -0.1) is 6.58 Å². The number of hydrogen-bond acceptors (Lipinski definition) is 8. The lowest BCUT2D eigenvalue weighted by atomic mass is 10.0. The first-order valence-corrected chi connectivity index (χ1v) is 19.0. The van der Waals surface area contributed by atoms with Crippen LogP contribution in [0.1, 0.15) is 80.9 Å². The van der Waals surface area contributed by atoms with E-state index in [1.807, 2.05) is 30.4 Å². The number of nitrogens with one attached hydrogen (secondary N) is 3. The smallest absolute Gasteiger partial charge is 0.410 e. The van der Waals surface area contributed by atoms with E-state index in [1.54, 1.807) is 0 Å². The zero-order valence-electron chi connectivity index (χ0n) is 28.2. The number of halogens is 2. The number of allylic oxidation sites excluding steroid dienone is 1. The highest BCUT2D eigenvalue weighted by atomic mass is 32.2. The molecular weight excluding hydrogens is 688 g/mol. The molecule has 2 aliphatic carbocycles. The average Bonchev–Trinajstić information content (AvgIpc) is 3.97. The summed E-state index contributed by atoms with van der Waals surface area (Å²) in [4.78, 5) is 70.1. The van der Waals surface area contributed by atoms with Crippen LogP contribution >= 0.6 is 0 Å². The molecule has 0 spiro atoms. The Bertz CT molecular complexity index is 1730. The summed E-state index contributed by atoms with van der Waals surface area (Å²) in [5.41, 5.74) is 1.23. The van der Waals surface area contributed by atoms with Gasteiger partial charge in [0.2, 0.25) is 34.2 Å². The maximum absolute atomic E-state index is 14.0. The minimum absolute atomic E-state index is 0.00719. The lowest BCUT2D eigenvalue weighted by Crippen LogP contribution is -2.58. The molecule has 5 aliphatic rings. The van der Waals surface area contributed by atoms with E-state index in [0.29, 0.717) is 25.7 Å². The fourth-order valence-electron chi connectivity index (χ4n) is 7.15. The Morgan fingerprint density at radius 1 is 1.14 bits per heavy atom. The van der Waals surface area contributed by atoms with Gasteiger partial charge in [-0.05, 0) is 55.2 Å². The molecule has 3 aliphatic heterocycles. The number of rotatable bonds is 8. The van der Waals surface area contributed by atoms with Gasteiger partial charge in [-0.2, -0.15) is 0 Å². The van der Waals surface area contributed by atoms with Crippen molar-refractivity contribution in [2.45, 2.75) is 113 Å². The van der Waals surface area contributed by atoms with Gasteiger partial charge in [0.1, 0.15) is 23.7 Å². The van der Waals surface area contributed by atoms with Crippen molar-refractivity contribution in [1.29, 1.82) is 0 Å². The van der Waals surface area contributed by atoms with Crippen LogP contribution in [0.5, 0.6) is 0 Å². The molecule has 13 nitrogen and oxygen atoms in total. The number of nitrogens with zero attached hydrogens (tertiary/aromatic N) is 2. The molecule has 5 amide bonds. The normalized spacial score (nSPS) is 28.6. The second-order valence-corrected chi connectivity index (χ2v) is 16.0. The molecule has 4 bridgehead atoms. The Hall–Kier alpha value is -4.34. The van der Waals surface area contributed by atoms with Crippen molar-refractivity contribution in [2.24, 2.45) is 5.92 Å². The summed E-state index contributed by atoms with van der Waals surface area (Å²) in [5.74, 6) is -3.99. The van der Waals surface area contributed by atoms with Crippen LogP contribution in [0.4, 0.5) is 13.6 Å². The largest absolute Gasteiger partial charge is 0.444 e. The van der Waals surface area contributed by atoms with E-state index in [4.69, 9.17) is 4.74 Å². The third-order valence-electron chi connectivity index (χ3n) is 10.3. The summed E-state index contributed by atoms with van der Waals surface area (Å²) in [5, 5.41) is 4.34. The van der Waals surface area contributed by atoms with Crippen LogP contribution in [-0.4, -0.2) is 89.9 Å². The van der Waals surface area contributed by atoms with Crippen LogP contribution in [0.3, 0.4) is 0 Å². The van der Waals surface area contributed by atoms with E-state index < -0.39 is 87.5 Å². The number of hydrogen-bond donors (Lipinski definition) is 3. The van der Waals surface area contributed by atoms with E-state index in [0.717, 1.165) is 34.4 Å². The summed E-state index contributed by atoms with van der Waals surface area (Å²) in [7, 11) is -3.96. The van der Waals surface area contributed by atoms with Crippen molar-refractivity contribution in [3.8, 4) is 0 Å². The number of alkyl halides is 2. The van der Waals surface area contributed by atoms with Crippen molar-refractivity contribution in [3.63, 3.8) is 0 Å². The Morgan fingerprint density at radius 2 is 1.92 bits per heavy atom. The molecule has 5 atom stereocenters. The maximum atomic E-state index is 14.0. The van der Waals surface area contributed by atoms with Gasteiger partial charge < -0.3 is 20.3 Å². The van der Waals surface area contributed by atoms with E-state index in [9.17, 15) is 41.2 Å². The second kappa shape index (κ2) is 14.7. The first kappa shape index (κ1) is 36.5. The zero-order chi connectivity index (χ0) is 36.5. The van der Waals surface area contributed by atoms with Crippen molar-refractivity contribution in [2.75, 3.05) is 6.54 Å². The summed E-state index contributed by atoms with van der Waals surface area (Å²) in [6, 6.07) is 2.72. The van der Waals surface area contributed by atoms with Gasteiger partial charge in [0.05, 0.1) is 18.3 Å². The van der Waals surface area contributed by atoms with Crippen LogP contribution in [0, 0.1) is 5.92 Å². The molecule has 3 N–H and O–H groups in total. The summed E-state index contributed by atoms with van der Waals surface area (Å²) in [6.45, 7) is 3.90.